The van der Waals surface area contributed by atoms with Gasteiger partial charge in [0.1, 0.15) is 0 Å². The first-order valence-corrected chi connectivity index (χ1v) is 6.28. The third kappa shape index (κ3) is 4.11. The van der Waals surface area contributed by atoms with Crippen LogP contribution in [0.15, 0.2) is 0 Å². The zero-order chi connectivity index (χ0) is 12.2. The zero-order valence-electron chi connectivity index (χ0n) is 11.1. The van der Waals surface area contributed by atoms with Crippen LogP contribution in [0.5, 0.6) is 0 Å². The summed E-state index contributed by atoms with van der Waals surface area (Å²) in [5.41, 5.74) is -0.193. The maximum atomic E-state index is 8.93. The highest BCUT2D eigenvalue weighted by Gasteiger charge is 2.24. The molecule has 1 rings (SSSR count). The fraction of sp³-hybridized carbons (Fsp3) is 0.923. The first-order chi connectivity index (χ1) is 7.44. The highest BCUT2D eigenvalue weighted by molar-refractivity contribution is 4.92. The number of hydrogen-bond acceptors (Lipinski definition) is 3. The monoisotopic (exact) mass is 223 g/mol. The SMILES string of the molecule is CC1CN(C)CCC1NCCC(C)(C)C#N. The molecule has 1 aliphatic rings. The van der Waals surface area contributed by atoms with Gasteiger partial charge in [-0.3, -0.25) is 0 Å². The predicted molar refractivity (Wildman–Crippen MR) is 67.1 cm³/mol. The van der Waals surface area contributed by atoms with Crippen LogP contribution in [-0.4, -0.2) is 37.6 Å². The Balaban J connectivity index is 2.26. The van der Waals surface area contributed by atoms with E-state index in [2.05, 4.69) is 30.3 Å². The Morgan fingerprint density at radius 1 is 1.50 bits per heavy atom. The van der Waals surface area contributed by atoms with Gasteiger partial charge in [-0.05, 0) is 52.7 Å². The van der Waals surface area contributed by atoms with E-state index in [0.717, 1.165) is 13.0 Å². The molecule has 1 aliphatic heterocycles. The summed E-state index contributed by atoms with van der Waals surface area (Å²) in [7, 11) is 2.19. The molecule has 3 heteroatoms. The van der Waals surface area contributed by atoms with Crippen molar-refractivity contribution in [2.75, 3.05) is 26.7 Å². The van der Waals surface area contributed by atoms with Crippen molar-refractivity contribution in [2.45, 2.75) is 39.7 Å². The molecule has 1 heterocycles. The summed E-state index contributed by atoms with van der Waals surface area (Å²) in [5, 5.41) is 12.5. The lowest BCUT2D eigenvalue weighted by Crippen LogP contribution is -2.47. The maximum absolute atomic E-state index is 8.93. The van der Waals surface area contributed by atoms with E-state index in [4.69, 9.17) is 5.26 Å². The number of hydrogen-bond donors (Lipinski definition) is 1. The second-order valence-electron chi connectivity index (χ2n) is 5.83. The normalized spacial score (nSPS) is 27.7. The van der Waals surface area contributed by atoms with E-state index < -0.39 is 0 Å². The van der Waals surface area contributed by atoms with Crippen molar-refractivity contribution in [1.82, 2.24) is 10.2 Å². The van der Waals surface area contributed by atoms with Crippen LogP contribution in [0.4, 0.5) is 0 Å². The van der Waals surface area contributed by atoms with Crippen molar-refractivity contribution >= 4 is 0 Å². The summed E-state index contributed by atoms with van der Waals surface area (Å²) < 4.78 is 0. The molecule has 0 aromatic carbocycles. The van der Waals surface area contributed by atoms with Gasteiger partial charge in [-0.1, -0.05) is 6.92 Å². The molecular formula is C13H25N3. The molecule has 3 nitrogen and oxygen atoms in total. The molecular weight excluding hydrogens is 198 g/mol. The summed E-state index contributed by atoms with van der Waals surface area (Å²) in [6, 6.07) is 2.98. The van der Waals surface area contributed by atoms with Gasteiger partial charge in [0.15, 0.2) is 0 Å². The first kappa shape index (κ1) is 13.5. The van der Waals surface area contributed by atoms with Crippen LogP contribution in [0.25, 0.3) is 0 Å². The standard InChI is InChI=1S/C13H25N3/c1-11-9-16(4)8-5-12(11)15-7-6-13(2,3)10-14/h11-12,15H,5-9H2,1-4H3. The van der Waals surface area contributed by atoms with Crippen LogP contribution in [0.1, 0.15) is 33.6 Å². The molecule has 92 valence electrons. The van der Waals surface area contributed by atoms with E-state index >= 15 is 0 Å². The molecule has 1 N–H and O–H groups in total. The Kier molecular flexibility index (Phi) is 4.76. The second kappa shape index (κ2) is 5.65. The minimum Gasteiger partial charge on any atom is -0.314 e. The van der Waals surface area contributed by atoms with Gasteiger partial charge in [-0.15, -0.1) is 0 Å². The zero-order valence-corrected chi connectivity index (χ0v) is 11.1. The van der Waals surface area contributed by atoms with E-state index in [9.17, 15) is 0 Å². The molecule has 0 aliphatic carbocycles. The molecule has 1 saturated heterocycles. The third-order valence-electron chi connectivity index (χ3n) is 3.57. The maximum Gasteiger partial charge on any atom is 0.0684 e. The van der Waals surface area contributed by atoms with Crippen LogP contribution < -0.4 is 5.32 Å². The fourth-order valence-electron chi connectivity index (χ4n) is 2.28. The number of rotatable bonds is 4. The Morgan fingerprint density at radius 2 is 2.19 bits per heavy atom. The number of nitrogens with one attached hydrogen (secondary N) is 1. The predicted octanol–water partition coefficient (Wildman–Crippen LogP) is 1.86. The molecule has 0 bridgehead atoms. The number of nitrogens with zero attached hydrogens (tertiary/aromatic N) is 2. The number of nitriles is 1. The minimum atomic E-state index is -0.193. The van der Waals surface area contributed by atoms with Crippen LogP contribution in [0, 0.1) is 22.7 Å². The van der Waals surface area contributed by atoms with E-state index in [-0.39, 0.29) is 5.41 Å². The van der Waals surface area contributed by atoms with Crippen LogP contribution >= 0.6 is 0 Å². The van der Waals surface area contributed by atoms with Crippen molar-refractivity contribution in [3.8, 4) is 6.07 Å². The first-order valence-electron chi connectivity index (χ1n) is 6.28. The lowest BCUT2D eigenvalue weighted by molar-refractivity contribution is 0.173. The smallest absolute Gasteiger partial charge is 0.0684 e. The highest BCUT2D eigenvalue weighted by atomic mass is 15.1. The van der Waals surface area contributed by atoms with Gasteiger partial charge in [-0.2, -0.15) is 5.26 Å². The van der Waals surface area contributed by atoms with E-state index in [1.807, 2.05) is 13.8 Å². The summed E-state index contributed by atoms with van der Waals surface area (Å²) in [4.78, 5) is 2.39. The molecule has 16 heavy (non-hydrogen) atoms. The third-order valence-corrected chi connectivity index (χ3v) is 3.57. The molecule has 0 saturated carbocycles. The summed E-state index contributed by atoms with van der Waals surface area (Å²) in [5.74, 6) is 0.712. The highest BCUT2D eigenvalue weighted by Crippen LogP contribution is 2.19. The molecule has 1 fully saturated rings. The molecule has 2 atom stereocenters. The van der Waals surface area contributed by atoms with Crippen molar-refractivity contribution < 1.29 is 0 Å². The average Bonchev–Trinajstić information content (AvgIpc) is 2.21. The Hall–Kier alpha value is -0.590. The van der Waals surface area contributed by atoms with Crippen molar-refractivity contribution in [3.63, 3.8) is 0 Å². The van der Waals surface area contributed by atoms with Crippen molar-refractivity contribution in [3.05, 3.63) is 0 Å². The van der Waals surface area contributed by atoms with E-state index in [1.54, 1.807) is 0 Å². The average molecular weight is 223 g/mol. The van der Waals surface area contributed by atoms with Gasteiger partial charge in [0.25, 0.3) is 0 Å². The Morgan fingerprint density at radius 3 is 2.75 bits per heavy atom. The Bertz CT molecular complexity index is 254. The van der Waals surface area contributed by atoms with Gasteiger partial charge in [0, 0.05) is 12.6 Å². The van der Waals surface area contributed by atoms with Crippen LogP contribution in [-0.2, 0) is 0 Å². The van der Waals surface area contributed by atoms with E-state index in [0.29, 0.717) is 12.0 Å². The van der Waals surface area contributed by atoms with Crippen LogP contribution in [0.3, 0.4) is 0 Å². The Labute approximate surface area is 99.8 Å². The molecule has 0 amide bonds. The lowest BCUT2D eigenvalue weighted by Gasteiger charge is -2.35. The van der Waals surface area contributed by atoms with E-state index in [1.165, 1.54) is 19.5 Å². The topological polar surface area (TPSA) is 39.1 Å². The summed E-state index contributed by atoms with van der Waals surface area (Å²) in [6.07, 6.45) is 2.16. The van der Waals surface area contributed by atoms with Crippen molar-refractivity contribution in [1.29, 1.82) is 5.26 Å². The summed E-state index contributed by atoms with van der Waals surface area (Å²) in [6.45, 7) is 9.64. The minimum absolute atomic E-state index is 0.193. The van der Waals surface area contributed by atoms with Gasteiger partial charge >= 0.3 is 0 Å². The number of likely N-dealkylation sites (tertiary alicyclic amines) is 1. The van der Waals surface area contributed by atoms with Gasteiger partial charge in [0.05, 0.1) is 11.5 Å². The van der Waals surface area contributed by atoms with Gasteiger partial charge in [0.2, 0.25) is 0 Å². The molecule has 0 radical (unpaired) electrons. The van der Waals surface area contributed by atoms with Gasteiger partial charge < -0.3 is 10.2 Å². The molecule has 0 spiro atoms. The molecule has 0 aromatic rings. The van der Waals surface area contributed by atoms with Crippen molar-refractivity contribution in [2.24, 2.45) is 11.3 Å². The molecule has 0 aromatic heterocycles. The quantitative estimate of drug-likeness (QED) is 0.790. The number of piperidine rings is 1. The fourth-order valence-corrected chi connectivity index (χ4v) is 2.28. The second-order valence-corrected chi connectivity index (χ2v) is 5.83. The lowest BCUT2D eigenvalue weighted by atomic mass is 9.90. The largest absolute Gasteiger partial charge is 0.314 e. The molecule has 2 unspecified atom stereocenters. The summed E-state index contributed by atoms with van der Waals surface area (Å²) >= 11 is 0. The van der Waals surface area contributed by atoms with Gasteiger partial charge in [-0.25, -0.2) is 0 Å². The van der Waals surface area contributed by atoms with Crippen LogP contribution in [0.2, 0.25) is 0 Å².